The zero-order chi connectivity index (χ0) is 14.8. The van der Waals surface area contributed by atoms with Crippen molar-refractivity contribution in [2.45, 2.75) is 19.4 Å². The molecule has 0 saturated carbocycles. The van der Waals surface area contributed by atoms with Gasteiger partial charge in [0, 0.05) is 5.69 Å². The van der Waals surface area contributed by atoms with Gasteiger partial charge in [-0.1, -0.05) is 30.3 Å². The van der Waals surface area contributed by atoms with Gasteiger partial charge in [0.15, 0.2) is 5.54 Å². The van der Waals surface area contributed by atoms with Gasteiger partial charge >= 0.3 is 5.97 Å². The van der Waals surface area contributed by atoms with E-state index < -0.39 is 17.3 Å². The highest BCUT2D eigenvalue weighted by molar-refractivity contribution is 5.84. The van der Waals surface area contributed by atoms with Crippen LogP contribution in [0.2, 0.25) is 0 Å². The van der Waals surface area contributed by atoms with Crippen molar-refractivity contribution >= 4 is 11.7 Å². The topological polar surface area (TPSA) is 49.3 Å². The molecule has 0 aromatic heterocycles. The largest absolute Gasteiger partial charge is 0.479 e. The normalized spacial score (nSPS) is 13.6. The van der Waals surface area contributed by atoms with Gasteiger partial charge in [0.05, 0.1) is 0 Å². The van der Waals surface area contributed by atoms with Crippen molar-refractivity contribution in [2.75, 3.05) is 5.32 Å². The molecule has 2 aromatic carbocycles. The van der Waals surface area contributed by atoms with Crippen LogP contribution in [0.25, 0.3) is 0 Å². The van der Waals surface area contributed by atoms with Crippen LogP contribution in [0.1, 0.15) is 18.1 Å². The Bertz CT molecular complexity index is 642. The lowest BCUT2D eigenvalue weighted by Crippen LogP contribution is -2.40. The predicted molar refractivity (Wildman–Crippen MR) is 76.2 cm³/mol. The van der Waals surface area contributed by atoms with E-state index in [1.165, 1.54) is 25.1 Å². The molecule has 4 heteroatoms. The standard InChI is InChI=1S/C16H16FNO2/c1-11-6-3-4-9-14(11)18-16(2,15(19)20)12-7-5-8-13(17)10-12/h3-10,18H,1-2H3,(H,19,20). The molecule has 0 aliphatic rings. The van der Waals surface area contributed by atoms with Crippen molar-refractivity contribution in [3.05, 3.63) is 65.5 Å². The quantitative estimate of drug-likeness (QED) is 0.895. The Morgan fingerprint density at radius 2 is 1.90 bits per heavy atom. The Hall–Kier alpha value is -2.36. The van der Waals surface area contributed by atoms with Crippen LogP contribution in [0.4, 0.5) is 10.1 Å². The minimum atomic E-state index is -1.39. The second kappa shape index (κ2) is 5.33. The molecular weight excluding hydrogens is 257 g/mol. The van der Waals surface area contributed by atoms with E-state index in [9.17, 15) is 14.3 Å². The van der Waals surface area contributed by atoms with Gasteiger partial charge in [-0.15, -0.1) is 0 Å². The molecule has 0 bridgehead atoms. The van der Waals surface area contributed by atoms with E-state index in [-0.39, 0.29) is 0 Å². The number of rotatable bonds is 4. The van der Waals surface area contributed by atoms with Gasteiger partial charge in [0.1, 0.15) is 5.82 Å². The molecule has 2 aromatic rings. The van der Waals surface area contributed by atoms with E-state index in [0.717, 1.165) is 5.56 Å². The van der Waals surface area contributed by atoms with Crippen LogP contribution in [0.3, 0.4) is 0 Å². The van der Waals surface area contributed by atoms with Crippen molar-refractivity contribution in [1.29, 1.82) is 0 Å². The lowest BCUT2D eigenvalue weighted by Gasteiger charge is -2.28. The fourth-order valence-electron chi connectivity index (χ4n) is 2.03. The SMILES string of the molecule is Cc1ccccc1NC(C)(C(=O)O)c1cccc(F)c1. The second-order valence-corrected chi connectivity index (χ2v) is 4.88. The number of aryl methyl sites for hydroxylation is 1. The summed E-state index contributed by atoms with van der Waals surface area (Å²) in [6.45, 7) is 3.41. The Kier molecular flexibility index (Phi) is 3.74. The van der Waals surface area contributed by atoms with Gasteiger partial charge in [0.2, 0.25) is 0 Å². The fourth-order valence-corrected chi connectivity index (χ4v) is 2.03. The average molecular weight is 273 g/mol. The second-order valence-electron chi connectivity index (χ2n) is 4.88. The minimum Gasteiger partial charge on any atom is -0.479 e. The third-order valence-electron chi connectivity index (χ3n) is 3.36. The minimum absolute atomic E-state index is 0.369. The van der Waals surface area contributed by atoms with E-state index >= 15 is 0 Å². The summed E-state index contributed by atoms with van der Waals surface area (Å²) in [5.41, 5.74) is 0.611. The molecule has 2 N–H and O–H groups in total. The van der Waals surface area contributed by atoms with Crippen molar-refractivity contribution < 1.29 is 14.3 Å². The van der Waals surface area contributed by atoms with Gasteiger partial charge in [0.25, 0.3) is 0 Å². The number of carboxylic acid groups (broad SMARTS) is 1. The number of aliphatic carboxylic acids is 1. The van der Waals surface area contributed by atoms with Gasteiger partial charge in [-0.3, -0.25) is 0 Å². The molecule has 0 aliphatic heterocycles. The fraction of sp³-hybridized carbons (Fsp3) is 0.188. The maximum Gasteiger partial charge on any atom is 0.333 e. The zero-order valence-electron chi connectivity index (χ0n) is 11.4. The third kappa shape index (κ3) is 2.64. The molecule has 20 heavy (non-hydrogen) atoms. The van der Waals surface area contributed by atoms with E-state index in [0.29, 0.717) is 11.3 Å². The first-order chi connectivity index (χ1) is 9.43. The molecule has 0 saturated heterocycles. The molecule has 104 valence electrons. The summed E-state index contributed by atoms with van der Waals surface area (Å²) in [7, 11) is 0. The van der Waals surface area contributed by atoms with Crippen molar-refractivity contribution in [1.82, 2.24) is 0 Å². The monoisotopic (exact) mass is 273 g/mol. The third-order valence-corrected chi connectivity index (χ3v) is 3.36. The summed E-state index contributed by atoms with van der Waals surface area (Å²) in [6, 6.07) is 13.0. The molecule has 0 fully saturated rings. The number of benzene rings is 2. The van der Waals surface area contributed by atoms with Crippen molar-refractivity contribution in [3.8, 4) is 0 Å². The number of halogens is 1. The summed E-state index contributed by atoms with van der Waals surface area (Å²) >= 11 is 0. The summed E-state index contributed by atoms with van der Waals surface area (Å²) < 4.78 is 13.4. The highest BCUT2D eigenvalue weighted by Gasteiger charge is 2.35. The summed E-state index contributed by atoms with van der Waals surface area (Å²) in [6.07, 6.45) is 0. The highest BCUT2D eigenvalue weighted by Crippen LogP contribution is 2.28. The van der Waals surface area contributed by atoms with Crippen LogP contribution in [0.5, 0.6) is 0 Å². The lowest BCUT2D eigenvalue weighted by atomic mass is 9.91. The Labute approximate surface area is 117 Å². The Balaban J connectivity index is 2.46. The van der Waals surface area contributed by atoms with Crippen LogP contribution in [-0.2, 0) is 10.3 Å². The van der Waals surface area contributed by atoms with E-state index in [4.69, 9.17) is 0 Å². The number of hydrogen-bond acceptors (Lipinski definition) is 2. The Morgan fingerprint density at radius 3 is 2.50 bits per heavy atom. The lowest BCUT2D eigenvalue weighted by molar-refractivity contribution is -0.142. The number of hydrogen-bond donors (Lipinski definition) is 2. The van der Waals surface area contributed by atoms with Crippen LogP contribution in [-0.4, -0.2) is 11.1 Å². The van der Waals surface area contributed by atoms with Crippen LogP contribution in [0.15, 0.2) is 48.5 Å². The number of nitrogens with one attached hydrogen (secondary N) is 1. The van der Waals surface area contributed by atoms with Crippen LogP contribution in [0, 0.1) is 12.7 Å². The van der Waals surface area contributed by atoms with Crippen molar-refractivity contribution in [2.24, 2.45) is 0 Å². The Morgan fingerprint density at radius 1 is 1.20 bits per heavy atom. The maximum absolute atomic E-state index is 13.4. The molecule has 1 atom stereocenters. The number of carbonyl (C=O) groups is 1. The molecule has 0 radical (unpaired) electrons. The molecule has 0 spiro atoms. The first-order valence-corrected chi connectivity index (χ1v) is 6.27. The molecule has 0 amide bonds. The van der Waals surface area contributed by atoms with Crippen LogP contribution >= 0.6 is 0 Å². The number of carboxylic acids is 1. The van der Waals surface area contributed by atoms with E-state index in [1.807, 2.05) is 25.1 Å². The molecule has 3 nitrogen and oxygen atoms in total. The average Bonchev–Trinajstić information content (AvgIpc) is 2.41. The number of anilines is 1. The smallest absolute Gasteiger partial charge is 0.333 e. The summed E-state index contributed by atoms with van der Waals surface area (Å²) in [5.74, 6) is -1.52. The molecular formula is C16H16FNO2. The maximum atomic E-state index is 13.4. The van der Waals surface area contributed by atoms with Crippen molar-refractivity contribution in [3.63, 3.8) is 0 Å². The summed E-state index contributed by atoms with van der Waals surface area (Å²) in [4.78, 5) is 11.7. The molecule has 0 heterocycles. The summed E-state index contributed by atoms with van der Waals surface area (Å²) in [5, 5.41) is 12.5. The van der Waals surface area contributed by atoms with Crippen LogP contribution < -0.4 is 5.32 Å². The van der Waals surface area contributed by atoms with Gasteiger partial charge in [-0.2, -0.15) is 0 Å². The number of para-hydroxylation sites is 1. The first kappa shape index (κ1) is 14.1. The van der Waals surface area contributed by atoms with Gasteiger partial charge < -0.3 is 10.4 Å². The predicted octanol–water partition coefficient (Wildman–Crippen LogP) is 3.55. The molecule has 0 aliphatic carbocycles. The highest BCUT2D eigenvalue weighted by atomic mass is 19.1. The molecule has 2 rings (SSSR count). The van der Waals surface area contributed by atoms with E-state index in [1.54, 1.807) is 12.1 Å². The van der Waals surface area contributed by atoms with Gasteiger partial charge in [-0.25, -0.2) is 9.18 Å². The molecule has 1 unspecified atom stereocenters. The van der Waals surface area contributed by atoms with Gasteiger partial charge in [-0.05, 0) is 43.2 Å². The zero-order valence-corrected chi connectivity index (χ0v) is 11.4. The first-order valence-electron chi connectivity index (χ1n) is 6.27. The van der Waals surface area contributed by atoms with E-state index in [2.05, 4.69) is 5.32 Å².